The first-order valence-corrected chi connectivity index (χ1v) is 8.86. The van der Waals surface area contributed by atoms with Crippen molar-refractivity contribution in [3.63, 3.8) is 0 Å². The van der Waals surface area contributed by atoms with Gasteiger partial charge < -0.3 is 10.5 Å². The van der Waals surface area contributed by atoms with Gasteiger partial charge in [0.15, 0.2) is 0 Å². The maximum Gasteiger partial charge on any atom is 0.282 e. The summed E-state index contributed by atoms with van der Waals surface area (Å²) in [6, 6.07) is 0.142. The van der Waals surface area contributed by atoms with Gasteiger partial charge in [0, 0.05) is 32.2 Å². The minimum absolute atomic E-state index is 0. The summed E-state index contributed by atoms with van der Waals surface area (Å²) >= 11 is 0. The van der Waals surface area contributed by atoms with E-state index in [0.29, 0.717) is 32.1 Å². The Morgan fingerprint density at radius 3 is 2.00 bits per heavy atom. The summed E-state index contributed by atoms with van der Waals surface area (Å²) in [7, 11) is -3.35. The lowest BCUT2D eigenvalue weighted by atomic mass is 9.92. The topological polar surface area (TPSA) is 75.9 Å². The number of hydrogen-bond acceptors (Lipinski definition) is 4. The first-order valence-electron chi connectivity index (χ1n) is 7.47. The van der Waals surface area contributed by atoms with Crippen molar-refractivity contribution >= 4 is 22.6 Å². The summed E-state index contributed by atoms with van der Waals surface area (Å²) in [5, 5.41) is 0. The molecule has 2 fully saturated rings. The Labute approximate surface area is 134 Å². The molecule has 0 aromatic heterocycles. The van der Waals surface area contributed by atoms with Crippen LogP contribution in [0.1, 0.15) is 33.6 Å². The summed E-state index contributed by atoms with van der Waals surface area (Å²) in [5.74, 6) is 0.434. The van der Waals surface area contributed by atoms with Crippen molar-refractivity contribution in [2.75, 3.05) is 26.2 Å². The summed E-state index contributed by atoms with van der Waals surface area (Å²) in [4.78, 5) is 0. The quantitative estimate of drug-likeness (QED) is 0.824. The fourth-order valence-corrected chi connectivity index (χ4v) is 4.91. The Morgan fingerprint density at radius 2 is 1.57 bits per heavy atom. The van der Waals surface area contributed by atoms with E-state index in [4.69, 9.17) is 10.5 Å². The van der Waals surface area contributed by atoms with Crippen LogP contribution in [-0.2, 0) is 14.9 Å². The molecule has 0 bridgehead atoms. The van der Waals surface area contributed by atoms with Crippen LogP contribution in [-0.4, -0.2) is 61.5 Å². The van der Waals surface area contributed by atoms with Crippen LogP contribution in [0.3, 0.4) is 0 Å². The van der Waals surface area contributed by atoms with Crippen LogP contribution in [0.15, 0.2) is 0 Å². The van der Waals surface area contributed by atoms with Gasteiger partial charge in [0.05, 0.1) is 12.2 Å². The first kappa shape index (κ1) is 19.1. The Kier molecular flexibility index (Phi) is 6.89. The zero-order valence-electron chi connectivity index (χ0n) is 13.1. The second-order valence-electron chi connectivity index (χ2n) is 6.18. The highest BCUT2D eigenvalue weighted by atomic mass is 35.5. The molecule has 8 heteroatoms. The smallest absolute Gasteiger partial charge is 0.282 e. The average Bonchev–Trinajstić information content (AvgIpc) is 2.37. The number of morpholine rings is 1. The minimum atomic E-state index is -3.35. The number of nitrogens with two attached hydrogens (primary N) is 1. The Morgan fingerprint density at radius 1 is 1.10 bits per heavy atom. The van der Waals surface area contributed by atoms with Crippen LogP contribution in [0.5, 0.6) is 0 Å². The van der Waals surface area contributed by atoms with Gasteiger partial charge in [-0.15, -0.1) is 12.4 Å². The molecule has 2 rings (SSSR count). The highest BCUT2D eigenvalue weighted by molar-refractivity contribution is 7.86. The normalized spacial score (nSPS) is 31.6. The molecule has 6 nitrogen and oxygen atoms in total. The molecule has 2 aliphatic rings. The summed E-state index contributed by atoms with van der Waals surface area (Å²) in [6.07, 6.45) is 1.61. The molecule has 0 radical (unpaired) electrons. The van der Waals surface area contributed by atoms with Gasteiger partial charge in [-0.05, 0) is 39.5 Å². The van der Waals surface area contributed by atoms with E-state index in [1.54, 1.807) is 8.61 Å². The van der Waals surface area contributed by atoms with Gasteiger partial charge in [-0.1, -0.05) is 0 Å². The molecule has 0 saturated carbocycles. The molecule has 0 aromatic rings. The second-order valence-corrected chi connectivity index (χ2v) is 8.11. The Bertz CT molecular complexity index is 414. The third-order valence-corrected chi connectivity index (χ3v) is 6.25. The number of nitrogens with zero attached hydrogens (tertiary/aromatic N) is 2. The summed E-state index contributed by atoms with van der Waals surface area (Å²) < 4.78 is 34.1. The highest BCUT2D eigenvalue weighted by Gasteiger charge is 2.37. The Balaban J connectivity index is 0.00000220. The predicted molar refractivity (Wildman–Crippen MR) is 85.7 cm³/mol. The van der Waals surface area contributed by atoms with Crippen LogP contribution in [0.2, 0.25) is 0 Å². The van der Waals surface area contributed by atoms with Gasteiger partial charge in [0.1, 0.15) is 0 Å². The van der Waals surface area contributed by atoms with Gasteiger partial charge >= 0.3 is 0 Å². The van der Waals surface area contributed by atoms with Gasteiger partial charge in [-0.3, -0.25) is 0 Å². The molecular weight excluding hydrogens is 314 g/mol. The molecule has 2 aliphatic heterocycles. The lowest BCUT2D eigenvalue weighted by Crippen LogP contribution is -2.54. The number of hydrogen-bond donors (Lipinski definition) is 1. The zero-order chi connectivity index (χ0) is 14.9. The largest absolute Gasteiger partial charge is 0.373 e. The van der Waals surface area contributed by atoms with Crippen molar-refractivity contribution < 1.29 is 13.2 Å². The van der Waals surface area contributed by atoms with Crippen LogP contribution in [0, 0.1) is 5.92 Å². The number of halogens is 1. The lowest BCUT2D eigenvalue weighted by Gasteiger charge is -2.40. The monoisotopic (exact) mass is 341 g/mol. The molecule has 21 heavy (non-hydrogen) atoms. The van der Waals surface area contributed by atoms with E-state index in [1.807, 2.05) is 20.8 Å². The maximum absolute atomic E-state index is 12.7. The van der Waals surface area contributed by atoms with Crippen LogP contribution >= 0.6 is 12.4 Å². The van der Waals surface area contributed by atoms with E-state index < -0.39 is 10.2 Å². The second kappa shape index (κ2) is 7.57. The standard InChI is InChI=1S/C13H27N3O3S.ClH/c1-10-8-16(9-11(2)19-10)20(17,18)15-6-4-13(5-7-15)12(3)14;/h10-13H,4-9,14H2,1-3H3;1H. The fraction of sp³-hybridized carbons (Fsp3) is 1.00. The highest BCUT2D eigenvalue weighted by Crippen LogP contribution is 2.24. The summed E-state index contributed by atoms with van der Waals surface area (Å²) in [6.45, 7) is 7.88. The van der Waals surface area contributed by atoms with Crippen LogP contribution in [0.25, 0.3) is 0 Å². The van der Waals surface area contributed by atoms with E-state index in [9.17, 15) is 8.42 Å². The third kappa shape index (κ3) is 4.53. The molecule has 2 N–H and O–H groups in total. The number of ether oxygens (including phenoxy) is 1. The molecule has 3 atom stereocenters. The SMILES string of the molecule is CC1CN(S(=O)(=O)N2CCC(C(C)N)CC2)CC(C)O1.Cl. The molecular formula is C13H28ClN3O3S. The van der Waals surface area contributed by atoms with Crippen molar-refractivity contribution in [1.29, 1.82) is 0 Å². The van der Waals surface area contributed by atoms with Crippen molar-refractivity contribution in [3.05, 3.63) is 0 Å². The maximum atomic E-state index is 12.7. The van der Waals surface area contributed by atoms with Crippen molar-refractivity contribution in [2.45, 2.75) is 51.9 Å². The third-order valence-electron chi connectivity index (χ3n) is 4.28. The summed E-state index contributed by atoms with van der Waals surface area (Å²) in [5.41, 5.74) is 5.91. The zero-order valence-corrected chi connectivity index (χ0v) is 14.7. The molecule has 126 valence electrons. The van der Waals surface area contributed by atoms with E-state index in [1.165, 1.54) is 0 Å². The van der Waals surface area contributed by atoms with Gasteiger partial charge in [-0.2, -0.15) is 17.0 Å². The molecule has 0 spiro atoms. The predicted octanol–water partition coefficient (Wildman–Crippen LogP) is 0.821. The first-order chi connectivity index (χ1) is 9.30. The Hall–Kier alpha value is 0.0800. The van der Waals surface area contributed by atoms with Gasteiger partial charge in [-0.25, -0.2) is 0 Å². The van der Waals surface area contributed by atoms with Gasteiger partial charge in [0.25, 0.3) is 10.2 Å². The van der Waals surface area contributed by atoms with E-state index in [0.717, 1.165) is 12.8 Å². The molecule has 2 saturated heterocycles. The van der Waals surface area contributed by atoms with Crippen molar-refractivity contribution in [3.8, 4) is 0 Å². The van der Waals surface area contributed by atoms with Crippen LogP contribution in [0.4, 0.5) is 0 Å². The molecule has 0 aliphatic carbocycles. The number of rotatable bonds is 3. The van der Waals surface area contributed by atoms with Crippen molar-refractivity contribution in [2.24, 2.45) is 11.7 Å². The van der Waals surface area contributed by atoms with E-state index >= 15 is 0 Å². The molecule has 0 amide bonds. The minimum Gasteiger partial charge on any atom is -0.373 e. The number of piperidine rings is 1. The molecule has 0 aromatic carbocycles. The molecule has 3 unspecified atom stereocenters. The van der Waals surface area contributed by atoms with E-state index in [2.05, 4.69) is 0 Å². The van der Waals surface area contributed by atoms with Crippen LogP contribution < -0.4 is 5.73 Å². The lowest BCUT2D eigenvalue weighted by molar-refractivity contribution is -0.0456. The molecule has 2 heterocycles. The fourth-order valence-electron chi connectivity index (χ4n) is 3.11. The average molecular weight is 342 g/mol. The van der Waals surface area contributed by atoms with E-state index in [-0.39, 0.29) is 30.7 Å². The van der Waals surface area contributed by atoms with Gasteiger partial charge in [0.2, 0.25) is 0 Å². The van der Waals surface area contributed by atoms with Crippen molar-refractivity contribution in [1.82, 2.24) is 8.61 Å².